The Morgan fingerprint density at radius 1 is 1.16 bits per heavy atom. The molecule has 0 unspecified atom stereocenters. The summed E-state index contributed by atoms with van der Waals surface area (Å²) in [4.78, 5) is 17.3. The molecule has 3 heterocycles. The van der Waals surface area contributed by atoms with E-state index in [4.69, 9.17) is 4.74 Å². The predicted molar refractivity (Wildman–Crippen MR) is 90.5 cm³/mol. The van der Waals surface area contributed by atoms with Gasteiger partial charge in [0.15, 0.2) is 0 Å². The Hall–Kier alpha value is -2.32. The van der Waals surface area contributed by atoms with Gasteiger partial charge in [-0.2, -0.15) is 0 Å². The number of piperazine rings is 1. The van der Waals surface area contributed by atoms with Crippen molar-refractivity contribution in [3.8, 4) is 5.69 Å². The molecule has 2 aromatic rings. The number of carbonyl (C=O) groups excluding carboxylic acids is 1. The number of tetrazole rings is 1. The number of ether oxygens (including phenoxy) is 1. The largest absolute Gasteiger partial charge is 0.381 e. The van der Waals surface area contributed by atoms with E-state index in [1.165, 1.54) is 6.33 Å². The predicted octanol–water partition coefficient (Wildman–Crippen LogP) is 0.599. The Morgan fingerprint density at radius 3 is 2.60 bits per heavy atom. The maximum Gasteiger partial charge on any atom is 0.253 e. The number of hydrogen-bond donors (Lipinski definition) is 0. The molecule has 0 atom stereocenters. The van der Waals surface area contributed by atoms with Gasteiger partial charge in [-0.05, 0) is 54.6 Å². The van der Waals surface area contributed by atoms with Crippen molar-refractivity contribution in [2.24, 2.45) is 0 Å². The van der Waals surface area contributed by atoms with Crippen molar-refractivity contribution in [2.75, 3.05) is 39.9 Å². The number of likely N-dealkylation sites (N-methyl/N-ethyl adjacent to an activating group) is 1. The summed E-state index contributed by atoms with van der Waals surface area (Å²) in [5, 5.41) is 11.1. The van der Waals surface area contributed by atoms with Gasteiger partial charge in [0, 0.05) is 44.0 Å². The molecule has 2 fully saturated rings. The quantitative estimate of drug-likeness (QED) is 0.795. The minimum absolute atomic E-state index is 0.0541. The Kier molecular flexibility index (Phi) is 4.22. The fraction of sp³-hybridized carbons (Fsp3) is 0.529. The van der Waals surface area contributed by atoms with E-state index in [9.17, 15) is 4.79 Å². The zero-order chi connectivity index (χ0) is 17.3. The van der Waals surface area contributed by atoms with Crippen molar-refractivity contribution in [3.63, 3.8) is 0 Å². The monoisotopic (exact) mass is 342 g/mol. The van der Waals surface area contributed by atoms with Gasteiger partial charge in [-0.1, -0.05) is 0 Å². The molecule has 2 saturated heterocycles. The van der Waals surface area contributed by atoms with Crippen LogP contribution in [0.15, 0.2) is 30.6 Å². The molecule has 0 aliphatic carbocycles. The number of carbonyl (C=O) groups is 1. The molecular formula is C17H22N6O2. The normalized spacial score (nSPS) is 20.8. The van der Waals surface area contributed by atoms with E-state index >= 15 is 0 Å². The summed E-state index contributed by atoms with van der Waals surface area (Å²) in [5.74, 6) is 0.0854. The summed E-state index contributed by atoms with van der Waals surface area (Å²) in [6, 6.07) is 7.41. The van der Waals surface area contributed by atoms with Gasteiger partial charge in [0.2, 0.25) is 0 Å². The van der Waals surface area contributed by atoms with Gasteiger partial charge in [-0.25, -0.2) is 4.68 Å². The van der Waals surface area contributed by atoms with E-state index in [1.54, 1.807) is 4.68 Å². The highest BCUT2D eigenvalue weighted by molar-refractivity contribution is 5.94. The number of aromatic nitrogens is 4. The summed E-state index contributed by atoms with van der Waals surface area (Å²) in [5.41, 5.74) is 1.59. The smallest absolute Gasteiger partial charge is 0.253 e. The zero-order valence-electron chi connectivity index (χ0n) is 14.3. The fourth-order valence-corrected chi connectivity index (χ4v) is 3.75. The van der Waals surface area contributed by atoms with Crippen molar-refractivity contribution in [3.05, 3.63) is 36.2 Å². The van der Waals surface area contributed by atoms with Gasteiger partial charge in [0.25, 0.3) is 5.91 Å². The second-order valence-corrected chi connectivity index (χ2v) is 6.79. The Morgan fingerprint density at radius 2 is 1.92 bits per heavy atom. The van der Waals surface area contributed by atoms with Crippen LogP contribution in [0.2, 0.25) is 0 Å². The number of nitrogens with zero attached hydrogens (tertiary/aromatic N) is 6. The van der Waals surface area contributed by atoms with E-state index in [0.29, 0.717) is 5.56 Å². The van der Waals surface area contributed by atoms with Gasteiger partial charge < -0.3 is 9.64 Å². The lowest BCUT2D eigenvalue weighted by Crippen LogP contribution is -2.63. The molecule has 1 aromatic heterocycles. The minimum atomic E-state index is 0.0541. The molecule has 0 N–H and O–H groups in total. The molecule has 4 rings (SSSR count). The van der Waals surface area contributed by atoms with E-state index in [-0.39, 0.29) is 11.4 Å². The molecule has 8 heteroatoms. The van der Waals surface area contributed by atoms with Crippen molar-refractivity contribution in [1.82, 2.24) is 30.0 Å². The summed E-state index contributed by atoms with van der Waals surface area (Å²) in [7, 11) is 2.16. The number of rotatable bonds is 2. The number of benzene rings is 1. The SMILES string of the molecule is CN1CCN(C(=O)c2ccc(-n3cnnn3)cc2)CC12CCOCC2. The standard InChI is InChI=1S/C17H22N6O2/c1-21-8-9-22(12-17(21)6-10-25-11-7-17)16(24)14-2-4-15(5-3-14)23-13-18-19-20-23/h2-5,13H,6-12H2,1H3. The van der Waals surface area contributed by atoms with Gasteiger partial charge in [0.05, 0.1) is 5.69 Å². The lowest BCUT2D eigenvalue weighted by molar-refractivity contribution is -0.0543. The van der Waals surface area contributed by atoms with E-state index in [2.05, 4.69) is 27.5 Å². The maximum atomic E-state index is 13.0. The highest BCUT2D eigenvalue weighted by atomic mass is 16.5. The number of hydrogen-bond acceptors (Lipinski definition) is 6. The van der Waals surface area contributed by atoms with Crippen LogP contribution in [0.3, 0.4) is 0 Å². The van der Waals surface area contributed by atoms with E-state index in [1.807, 2.05) is 29.2 Å². The summed E-state index contributed by atoms with van der Waals surface area (Å²) in [6.07, 6.45) is 3.49. The highest BCUT2D eigenvalue weighted by Crippen LogP contribution is 2.31. The van der Waals surface area contributed by atoms with Crippen LogP contribution < -0.4 is 0 Å². The molecule has 2 aliphatic heterocycles. The van der Waals surface area contributed by atoms with Gasteiger partial charge in [-0.15, -0.1) is 5.10 Å². The van der Waals surface area contributed by atoms with Crippen molar-refractivity contribution in [2.45, 2.75) is 18.4 Å². The first-order valence-corrected chi connectivity index (χ1v) is 8.60. The van der Waals surface area contributed by atoms with E-state index < -0.39 is 0 Å². The molecule has 132 valence electrons. The van der Waals surface area contributed by atoms with Gasteiger partial charge in [-0.3, -0.25) is 9.69 Å². The van der Waals surface area contributed by atoms with Crippen molar-refractivity contribution < 1.29 is 9.53 Å². The first-order valence-electron chi connectivity index (χ1n) is 8.60. The Bertz CT molecular complexity index is 724. The molecule has 0 saturated carbocycles. The summed E-state index contributed by atoms with van der Waals surface area (Å²) < 4.78 is 7.10. The lowest BCUT2D eigenvalue weighted by atomic mass is 9.85. The van der Waals surface area contributed by atoms with E-state index in [0.717, 1.165) is 51.4 Å². The first-order chi connectivity index (χ1) is 12.2. The van der Waals surface area contributed by atoms with Crippen molar-refractivity contribution in [1.29, 1.82) is 0 Å². The molecule has 1 aromatic carbocycles. The third-order valence-corrected chi connectivity index (χ3v) is 5.44. The molecule has 1 amide bonds. The van der Waals surface area contributed by atoms with Crippen LogP contribution in [0.1, 0.15) is 23.2 Å². The average molecular weight is 342 g/mol. The van der Waals surface area contributed by atoms with Crippen molar-refractivity contribution >= 4 is 5.91 Å². The van der Waals surface area contributed by atoms with Crippen LogP contribution in [-0.2, 0) is 4.74 Å². The van der Waals surface area contributed by atoms with Crippen LogP contribution in [0.5, 0.6) is 0 Å². The molecule has 1 spiro atoms. The third kappa shape index (κ3) is 3.03. The Balaban J connectivity index is 1.50. The maximum absolute atomic E-state index is 13.0. The highest BCUT2D eigenvalue weighted by Gasteiger charge is 2.42. The van der Waals surface area contributed by atoms with Crippen LogP contribution in [-0.4, -0.2) is 81.3 Å². The zero-order valence-corrected chi connectivity index (χ0v) is 14.3. The second kappa shape index (κ2) is 6.53. The molecule has 8 nitrogen and oxygen atoms in total. The van der Waals surface area contributed by atoms with Crippen LogP contribution in [0, 0.1) is 0 Å². The fourth-order valence-electron chi connectivity index (χ4n) is 3.75. The topological polar surface area (TPSA) is 76.4 Å². The Labute approximate surface area is 146 Å². The average Bonchev–Trinajstić information content (AvgIpc) is 3.19. The third-order valence-electron chi connectivity index (χ3n) is 5.44. The van der Waals surface area contributed by atoms with Gasteiger partial charge >= 0.3 is 0 Å². The molecular weight excluding hydrogens is 320 g/mol. The summed E-state index contributed by atoms with van der Waals surface area (Å²) in [6.45, 7) is 3.96. The number of amides is 1. The second-order valence-electron chi connectivity index (χ2n) is 6.79. The summed E-state index contributed by atoms with van der Waals surface area (Å²) >= 11 is 0. The lowest BCUT2D eigenvalue weighted by Gasteiger charge is -2.51. The molecule has 25 heavy (non-hydrogen) atoms. The minimum Gasteiger partial charge on any atom is -0.381 e. The molecule has 2 aliphatic rings. The molecule has 0 radical (unpaired) electrons. The molecule has 0 bridgehead atoms. The first kappa shape index (κ1) is 16.2. The van der Waals surface area contributed by atoms with Crippen LogP contribution in [0.4, 0.5) is 0 Å². The van der Waals surface area contributed by atoms with Crippen LogP contribution >= 0.6 is 0 Å². The van der Waals surface area contributed by atoms with Gasteiger partial charge in [0.1, 0.15) is 6.33 Å². The van der Waals surface area contributed by atoms with Crippen LogP contribution in [0.25, 0.3) is 5.69 Å².